The van der Waals surface area contributed by atoms with Crippen LogP contribution in [0.3, 0.4) is 0 Å². The average Bonchev–Trinajstić information content (AvgIpc) is 2.71. The van der Waals surface area contributed by atoms with Crippen LogP contribution < -0.4 is 4.90 Å². The van der Waals surface area contributed by atoms with E-state index in [2.05, 4.69) is 21.8 Å². The molecule has 7 heteroatoms. The minimum atomic E-state index is -0.474. The van der Waals surface area contributed by atoms with Crippen LogP contribution in [0, 0.1) is 0 Å². The van der Waals surface area contributed by atoms with Crippen molar-refractivity contribution in [2.45, 2.75) is 45.8 Å². The number of anilines is 1. The number of morpholine rings is 1. The minimum absolute atomic E-state index is 0.0279. The molecule has 2 aliphatic rings. The molecule has 1 aromatic heterocycles. The maximum absolute atomic E-state index is 12.0. The molecule has 120 valence electrons. The first-order valence-electron chi connectivity index (χ1n) is 7.52. The Labute approximate surface area is 135 Å². The summed E-state index contributed by atoms with van der Waals surface area (Å²) < 4.78 is 5.50. The second-order valence-electron chi connectivity index (χ2n) is 6.42. The van der Waals surface area contributed by atoms with Crippen LogP contribution in [0.25, 0.3) is 0 Å². The van der Waals surface area contributed by atoms with E-state index in [1.807, 2.05) is 18.7 Å². The van der Waals surface area contributed by atoms with Gasteiger partial charge in [0.2, 0.25) is 11.2 Å². The van der Waals surface area contributed by atoms with Gasteiger partial charge in [-0.05, 0) is 32.4 Å². The van der Waals surface area contributed by atoms with E-state index < -0.39 is 5.54 Å². The summed E-state index contributed by atoms with van der Waals surface area (Å²) in [5.74, 6) is 0.864. The lowest BCUT2D eigenvalue weighted by molar-refractivity contribution is -0.134. The second kappa shape index (κ2) is 5.35. The molecule has 1 atom stereocenters. The van der Waals surface area contributed by atoms with Crippen molar-refractivity contribution in [2.24, 2.45) is 0 Å². The van der Waals surface area contributed by atoms with E-state index in [1.54, 1.807) is 6.92 Å². The van der Waals surface area contributed by atoms with Crippen LogP contribution in [-0.4, -0.2) is 46.6 Å². The van der Waals surface area contributed by atoms with Crippen LogP contribution in [0.1, 0.15) is 39.0 Å². The van der Waals surface area contributed by atoms with Crippen LogP contribution in [0.5, 0.6) is 0 Å². The SMILES string of the molecule is CC(=O)N1Cc2c(N3CCOCC3C)nc(Cl)nc2C1(C)C. The molecule has 0 spiro atoms. The summed E-state index contributed by atoms with van der Waals surface area (Å²) >= 11 is 6.17. The summed E-state index contributed by atoms with van der Waals surface area (Å²) in [6.45, 7) is 10.3. The number of hydrogen-bond acceptors (Lipinski definition) is 5. The van der Waals surface area contributed by atoms with Gasteiger partial charge in [-0.2, -0.15) is 0 Å². The molecule has 1 fully saturated rings. The lowest BCUT2D eigenvalue weighted by Crippen LogP contribution is -2.44. The molecule has 0 saturated carbocycles. The smallest absolute Gasteiger partial charge is 0.224 e. The number of aromatic nitrogens is 2. The molecule has 0 radical (unpaired) electrons. The number of fused-ring (bicyclic) bond motifs is 1. The predicted octanol–water partition coefficient (Wildman–Crippen LogP) is 1.95. The van der Waals surface area contributed by atoms with Crippen LogP contribution in [-0.2, 0) is 21.6 Å². The molecule has 0 aliphatic carbocycles. The quantitative estimate of drug-likeness (QED) is 0.739. The van der Waals surface area contributed by atoms with E-state index in [1.165, 1.54) is 0 Å². The van der Waals surface area contributed by atoms with Gasteiger partial charge in [0.25, 0.3) is 0 Å². The lowest BCUT2D eigenvalue weighted by atomic mass is 9.99. The fourth-order valence-corrected chi connectivity index (χ4v) is 3.53. The first-order valence-corrected chi connectivity index (χ1v) is 7.89. The van der Waals surface area contributed by atoms with Gasteiger partial charge in [-0.1, -0.05) is 0 Å². The van der Waals surface area contributed by atoms with Crippen molar-refractivity contribution in [2.75, 3.05) is 24.7 Å². The zero-order valence-electron chi connectivity index (χ0n) is 13.4. The Morgan fingerprint density at radius 1 is 1.41 bits per heavy atom. The number of nitrogens with zero attached hydrogens (tertiary/aromatic N) is 4. The minimum Gasteiger partial charge on any atom is -0.377 e. The molecule has 3 rings (SSSR count). The third-order valence-corrected chi connectivity index (χ3v) is 4.72. The number of hydrogen-bond donors (Lipinski definition) is 0. The van der Waals surface area contributed by atoms with Crippen molar-refractivity contribution >= 4 is 23.3 Å². The zero-order chi connectivity index (χ0) is 16.1. The highest BCUT2D eigenvalue weighted by Crippen LogP contribution is 2.42. The van der Waals surface area contributed by atoms with Crippen molar-refractivity contribution in [1.82, 2.24) is 14.9 Å². The number of halogens is 1. The maximum Gasteiger partial charge on any atom is 0.224 e. The van der Waals surface area contributed by atoms with Crippen molar-refractivity contribution in [1.29, 1.82) is 0 Å². The summed E-state index contributed by atoms with van der Waals surface area (Å²) in [4.78, 5) is 24.9. The van der Waals surface area contributed by atoms with Crippen molar-refractivity contribution in [3.05, 3.63) is 16.5 Å². The first kappa shape index (κ1) is 15.5. The number of ether oxygens (including phenoxy) is 1. The topological polar surface area (TPSA) is 58.6 Å². The average molecular weight is 325 g/mol. The number of carbonyl (C=O) groups is 1. The third kappa shape index (κ3) is 2.34. The highest BCUT2D eigenvalue weighted by Gasteiger charge is 2.43. The van der Waals surface area contributed by atoms with Gasteiger partial charge in [-0.25, -0.2) is 9.97 Å². The summed E-state index contributed by atoms with van der Waals surface area (Å²) in [7, 11) is 0. The Bertz CT molecular complexity index is 620. The molecule has 3 heterocycles. The molecule has 1 saturated heterocycles. The fourth-order valence-electron chi connectivity index (χ4n) is 3.37. The van der Waals surface area contributed by atoms with E-state index in [0.29, 0.717) is 19.8 Å². The Kier molecular flexibility index (Phi) is 3.77. The van der Waals surface area contributed by atoms with Crippen LogP contribution in [0.4, 0.5) is 5.82 Å². The highest BCUT2D eigenvalue weighted by molar-refractivity contribution is 6.28. The van der Waals surface area contributed by atoms with Gasteiger partial charge < -0.3 is 14.5 Å². The van der Waals surface area contributed by atoms with Crippen LogP contribution in [0.15, 0.2) is 0 Å². The third-order valence-electron chi connectivity index (χ3n) is 4.55. The Morgan fingerprint density at radius 2 is 2.14 bits per heavy atom. The summed E-state index contributed by atoms with van der Waals surface area (Å²) in [5, 5.41) is 0.228. The summed E-state index contributed by atoms with van der Waals surface area (Å²) in [6, 6.07) is 0.221. The van der Waals surface area contributed by atoms with Gasteiger partial charge in [0.05, 0.1) is 37.0 Å². The monoisotopic (exact) mass is 324 g/mol. The molecule has 1 amide bonds. The van der Waals surface area contributed by atoms with Gasteiger partial charge in [0, 0.05) is 19.0 Å². The molecule has 0 bridgehead atoms. The van der Waals surface area contributed by atoms with E-state index in [0.717, 1.165) is 23.6 Å². The van der Waals surface area contributed by atoms with Crippen molar-refractivity contribution in [3.8, 4) is 0 Å². The molecular weight excluding hydrogens is 304 g/mol. The molecular formula is C15H21ClN4O2. The molecule has 1 unspecified atom stereocenters. The normalized spacial score (nSPS) is 23.6. The fraction of sp³-hybridized carbons (Fsp3) is 0.667. The van der Waals surface area contributed by atoms with Gasteiger partial charge in [0.1, 0.15) is 5.82 Å². The van der Waals surface area contributed by atoms with Crippen molar-refractivity contribution in [3.63, 3.8) is 0 Å². The van der Waals surface area contributed by atoms with Gasteiger partial charge in [0.15, 0.2) is 0 Å². The predicted molar refractivity (Wildman–Crippen MR) is 83.9 cm³/mol. The van der Waals surface area contributed by atoms with E-state index in [-0.39, 0.29) is 17.2 Å². The zero-order valence-corrected chi connectivity index (χ0v) is 14.1. The van der Waals surface area contributed by atoms with Crippen LogP contribution in [0.2, 0.25) is 5.28 Å². The molecule has 6 nitrogen and oxygen atoms in total. The Balaban J connectivity index is 2.10. The summed E-state index contributed by atoms with van der Waals surface area (Å²) in [5.41, 5.74) is 1.37. The first-order chi connectivity index (χ1) is 10.3. The maximum atomic E-state index is 12.0. The molecule has 1 aromatic rings. The Morgan fingerprint density at radius 3 is 2.77 bits per heavy atom. The highest BCUT2D eigenvalue weighted by atomic mass is 35.5. The van der Waals surface area contributed by atoms with Gasteiger partial charge in [-0.3, -0.25) is 4.79 Å². The number of amides is 1. The van der Waals surface area contributed by atoms with Gasteiger partial charge >= 0.3 is 0 Å². The second-order valence-corrected chi connectivity index (χ2v) is 6.76. The van der Waals surface area contributed by atoms with Crippen LogP contribution >= 0.6 is 11.6 Å². The molecule has 22 heavy (non-hydrogen) atoms. The lowest BCUT2D eigenvalue weighted by Gasteiger charge is -2.35. The molecule has 2 aliphatic heterocycles. The largest absolute Gasteiger partial charge is 0.377 e. The van der Waals surface area contributed by atoms with Gasteiger partial charge in [-0.15, -0.1) is 0 Å². The van der Waals surface area contributed by atoms with E-state index in [4.69, 9.17) is 16.3 Å². The van der Waals surface area contributed by atoms with Crippen molar-refractivity contribution < 1.29 is 9.53 Å². The van der Waals surface area contributed by atoms with E-state index in [9.17, 15) is 4.79 Å². The number of carbonyl (C=O) groups excluding carboxylic acids is 1. The summed E-state index contributed by atoms with van der Waals surface area (Å²) in [6.07, 6.45) is 0. The molecule has 0 aromatic carbocycles. The standard InChI is InChI=1S/C15H21ClN4O2/c1-9-8-22-6-5-19(9)13-11-7-20(10(2)21)15(3,4)12(11)17-14(16)18-13/h9H,5-8H2,1-4H3. The Hall–Kier alpha value is -1.40. The number of rotatable bonds is 1. The molecule has 0 N–H and O–H groups in total. The van der Waals surface area contributed by atoms with E-state index >= 15 is 0 Å².